The van der Waals surface area contributed by atoms with Crippen LogP contribution in [0.1, 0.15) is 16.1 Å². The normalized spacial score (nSPS) is 14.2. The van der Waals surface area contributed by atoms with Crippen LogP contribution in [0.2, 0.25) is 5.02 Å². The molecule has 1 aromatic heterocycles. The third kappa shape index (κ3) is 4.49. The highest BCUT2D eigenvalue weighted by Crippen LogP contribution is 2.24. The first-order valence-electron chi connectivity index (χ1n) is 7.74. The molecular weight excluding hydrogens is 348 g/mol. The van der Waals surface area contributed by atoms with Crippen molar-refractivity contribution in [3.05, 3.63) is 46.8 Å². The number of amides is 3. The second-order valence-corrected chi connectivity index (χ2v) is 5.80. The van der Waals surface area contributed by atoms with Crippen LogP contribution < -0.4 is 10.6 Å². The molecule has 2 heterocycles. The van der Waals surface area contributed by atoms with Gasteiger partial charge in [-0.15, -0.1) is 0 Å². The van der Waals surface area contributed by atoms with Gasteiger partial charge in [-0.25, -0.2) is 4.79 Å². The number of nitrogens with one attached hydrogen (secondary N) is 2. The molecule has 1 saturated heterocycles. The van der Waals surface area contributed by atoms with E-state index in [-0.39, 0.29) is 12.5 Å². The first-order chi connectivity index (χ1) is 12.1. The molecule has 0 bridgehead atoms. The number of nitrogens with zero attached hydrogens (tertiary/aromatic N) is 2. The van der Waals surface area contributed by atoms with Crippen molar-refractivity contribution in [3.8, 4) is 0 Å². The monoisotopic (exact) mass is 364 g/mol. The van der Waals surface area contributed by atoms with E-state index >= 15 is 0 Å². The number of urea groups is 1. The maximum Gasteiger partial charge on any atom is 0.319 e. The van der Waals surface area contributed by atoms with Crippen LogP contribution in [-0.2, 0) is 11.3 Å². The van der Waals surface area contributed by atoms with Gasteiger partial charge >= 0.3 is 6.03 Å². The summed E-state index contributed by atoms with van der Waals surface area (Å²) in [7, 11) is 0. The van der Waals surface area contributed by atoms with E-state index in [1.165, 1.54) is 6.26 Å². The molecule has 132 valence electrons. The minimum atomic E-state index is -0.458. The Hall–Kier alpha value is -2.58. The van der Waals surface area contributed by atoms with Crippen LogP contribution in [0, 0.1) is 0 Å². The van der Waals surface area contributed by atoms with Crippen LogP contribution >= 0.6 is 11.6 Å². The summed E-state index contributed by atoms with van der Waals surface area (Å²) in [5.74, 6) is -0.119. The number of ether oxygens (including phenoxy) is 1. The summed E-state index contributed by atoms with van der Waals surface area (Å²) < 4.78 is 9.94. The standard InChI is InChI=1S/C16H17ClN4O4/c17-13-2-1-11(15(22)21-4-7-24-8-5-21)9-14(13)19-16(23)18-10-12-3-6-25-20-12/h1-3,6,9H,4-5,7-8,10H2,(H2,18,19,23). The van der Waals surface area contributed by atoms with Crippen LogP contribution in [0.15, 0.2) is 35.1 Å². The van der Waals surface area contributed by atoms with Gasteiger partial charge in [-0.3, -0.25) is 4.79 Å². The molecule has 2 aromatic rings. The zero-order valence-electron chi connectivity index (χ0n) is 13.3. The molecule has 0 unspecified atom stereocenters. The zero-order valence-corrected chi connectivity index (χ0v) is 14.1. The Morgan fingerprint density at radius 1 is 1.24 bits per heavy atom. The molecule has 0 atom stereocenters. The predicted octanol–water partition coefficient (Wildman–Crippen LogP) is 2.12. The zero-order chi connectivity index (χ0) is 17.6. The average molecular weight is 365 g/mol. The maximum absolute atomic E-state index is 12.5. The van der Waals surface area contributed by atoms with Crippen molar-refractivity contribution in [3.63, 3.8) is 0 Å². The molecule has 1 fully saturated rings. The van der Waals surface area contributed by atoms with E-state index in [0.29, 0.717) is 48.3 Å². The smallest absolute Gasteiger partial charge is 0.319 e. The van der Waals surface area contributed by atoms with E-state index in [2.05, 4.69) is 15.8 Å². The van der Waals surface area contributed by atoms with Crippen LogP contribution in [-0.4, -0.2) is 48.3 Å². The maximum atomic E-state index is 12.5. The highest BCUT2D eigenvalue weighted by molar-refractivity contribution is 6.33. The summed E-state index contributed by atoms with van der Waals surface area (Å²) in [5.41, 5.74) is 1.41. The number of rotatable bonds is 4. The molecule has 0 aliphatic carbocycles. The number of carbonyl (C=O) groups is 2. The number of carbonyl (C=O) groups excluding carboxylic acids is 2. The SMILES string of the molecule is O=C(NCc1ccon1)Nc1cc(C(=O)N2CCOCC2)ccc1Cl. The van der Waals surface area contributed by atoms with Crippen molar-refractivity contribution in [1.82, 2.24) is 15.4 Å². The Bertz CT molecular complexity index is 745. The summed E-state index contributed by atoms with van der Waals surface area (Å²) in [4.78, 5) is 26.2. The fourth-order valence-electron chi connectivity index (χ4n) is 2.37. The van der Waals surface area contributed by atoms with E-state index in [0.717, 1.165) is 0 Å². The molecule has 8 nitrogen and oxygen atoms in total. The van der Waals surface area contributed by atoms with Crippen molar-refractivity contribution < 1.29 is 18.8 Å². The first-order valence-corrected chi connectivity index (χ1v) is 8.12. The molecule has 1 aliphatic heterocycles. The molecule has 9 heteroatoms. The van der Waals surface area contributed by atoms with Crippen LogP contribution in [0.25, 0.3) is 0 Å². The largest absolute Gasteiger partial charge is 0.378 e. The van der Waals surface area contributed by atoms with Gasteiger partial charge in [0.2, 0.25) is 0 Å². The number of hydrogen-bond acceptors (Lipinski definition) is 5. The van der Waals surface area contributed by atoms with Gasteiger partial charge in [0.15, 0.2) is 0 Å². The molecule has 1 aromatic carbocycles. The second-order valence-electron chi connectivity index (χ2n) is 5.40. The van der Waals surface area contributed by atoms with E-state index in [4.69, 9.17) is 20.9 Å². The minimum absolute atomic E-state index is 0.119. The fraction of sp³-hybridized carbons (Fsp3) is 0.312. The Labute approximate surface area is 149 Å². The number of aromatic nitrogens is 1. The molecule has 3 rings (SSSR count). The van der Waals surface area contributed by atoms with Crippen LogP contribution in [0.3, 0.4) is 0 Å². The van der Waals surface area contributed by atoms with Crippen molar-refractivity contribution in [2.45, 2.75) is 6.54 Å². The molecule has 2 N–H and O–H groups in total. The van der Waals surface area contributed by atoms with Crippen molar-refractivity contribution >= 4 is 29.2 Å². The summed E-state index contributed by atoms with van der Waals surface area (Å²) in [6, 6.07) is 5.98. The molecule has 1 aliphatic rings. The lowest BCUT2D eigenvalue weighted by Gasteiger charge is -2.27. The summed E-state index contributed by atoms with van der Waals surface area (Å²) in [6.07, 6.45) is 1.42. The molecule has 0 spiro atoms. The minimum Gasteiger partial charge on any atom is -0.378 e. The van der Waals surface area contributed by atoms with Crippen molar-refractivity contribution in [2.24, 2.45) is 0 Å². The van der Waals surface area contributed by atoms with Gasteiger partial charge in [0.25, 0.3) is 5.91 Å². The Balaban J connectivity index is 1.64. The molecule has 25 heavy (non-hydrogen) atoms. The third-order valence-corrected chi connectivity index (χ3v) is 4.01. The quantitative estimate of drug-likeness (QED) is 0.866. The third-order valence-electron chi connectivity index (χ3n) is 3.68. The molecular formula is C16H17ClN4O4. The van der Waals surface area contributed by atoms with Gasteiger partial charge in [0.1, 0.15) is 12.0 Å². The van der Waals surface area contributed by atoms with Gasteiger partial charge in [0, 0.05) is 24.7 Å². The predicted molar refractivity (Wildman–Crippen MR) is 90.5 cm³/mol. The highest BCUT2D eigenvalue weighted by Gasteiger charge is 2.19. The Morgan fingerprint density at radius 2 is 2.04 bits per heavy atom. The first kappa shape index (κ1) is 17.2. The van der Waals surface area contributed by atoms with E-state index in [9.17, 15) is 9.59 Å². The lowest BCUT2D eigenvalue weighted by Crippen LogP contribution is -2.40. The van der Waals surface area contributed by atoms with Crippen LogP contribution in [0.5, 0.6) is 0 Å². The number of halogens is 1. The van der Waals surface area contributed by atoms with Crippen molar-refractivity contribution in [1.29, 1.82) is 0 Å². The number of anilines is 1. The number of hydrogen-bond donors (Lipinski definition) is 2. The van der Waals surface area contributed by atoms with E-state index in [1.54, 1.807) is 29.2 Å². The Morgan fingerprint density at radius 3 is 2.76 bits per heavy atom. The van der Waals surface area contributed by atoms with E-state index in [1.807, 2.05) is 0 Å². The van der Waals surface area contributed by atoms with Gasteiger partial charge in [-0.2, -0.15) is 0 Å². The molecule has 0 radical (unpaired) electrons. The summed E-state index contributed by atoms with van der Waals surface area (Å²) in [5, 5.41) is 9.31. The average Bonchev–Trinajstić information content (AvgIpc) is 3.15. The topological polar surface area (TPSA) is 96.7 Å². The summed E-state index contributed by atoms with van der Waals surface area (Å²) in [6.45, 7) is 2.35. The second kappa shape index (κ2) is 8.00. The molecule has 3 amide bonds. The summed E-state index contributed by atoms with van der Waals surface area (Å²) >= 11 is 6.12. The lowest BCUT2D eigenvalue weighted by atomic mass is 10.1. The van der Waals surface area contributed by atoms with Gasteiger partial charge in [0.05, 0.1) is 30.5 Å². The number of morpholine rings is 1. The van der Waals surface area contributed by atoms with Crippen molar-refractivity contribution in [2.75, 3.05) is 31.6 Å². The highest BCUT2D eigenvalue weighted by atomic mass is 35.5. The Kier molecular flexibility index (Phi) is 5.52. The molecule has 0 saturated carbocycles. The van der Waals surface area contributed by atoms with Gasteiger partial charge in [-0.05, 0) is 18.2 Å². The lowest BCUT2D eigenvalue weighted by molar-refractivity contribution is 0.0303. The van der Waals surface area contributed by atoms with E-state index < -0.39 is 6.03 Å². The van der Waals surface area contributed by atoms with Gasteiger partial charge < -0.3 is 24.8 Å². The number of benzene rings is 1. The fourth-order valence-corrected chi connectivity index (χ4v) is 2.53. The van der Waals surface area contributed by atoms with Gasteiger partial charge in [-0.1, -0.05) is 16.8 Å². The van der Waals surface area contributed by atoms with Crippen LogP contribution in [0.4, 0.5) is 10.5 Å².